The van der Waals surface area contributed by atoms with E-state index in [9.17, 15) is 13.2 Å². The topological polar surface area (TPSA) is 89.3 Å². The van der Waals surface area contributed by atoms with Gasteiger partial charge in [-0.1, -0.05) is 11.6 Å². The second kappa shape index (κ2) is 5.03. The molecule has 0 fully saturated rings. The van der Waals surface area contributed by atoms with E-state index in [1.807, 2.05) is 0 Å². The molecule has 0 aromatic heterocycles. The lowest BCUT2D eigenvalue weighted by atomic mass is 10.1. The quantitative estimate of drug-likeness (QED) is 0.864. The molecular weight excluding hydrogens is 264 g/mol. The first kappa shape index (κ1) is 14.0. The summed E-state index contributed by atoms with van der Waals surface area (Å²) in [4.78, 5) is 11.4. The Morgan fingerprint density at radius 1 is 1.47 bits per heavy atom. The number of primary sulfonamides is 1. The van der Waals surface area contributed by atoms with Crippen molar-refractivity contribution in [2.45, 2.75) is 18.7 Å². The van der Waals surface area contributed by atoms with Gasteiger partial charge in [-0.05, 0) is 31.5 Å². The van der Waals surface area contributed by atoms with E-state index in [-0.39, 0.29) is 21.4 Å². The lowest BCUT2D eigenvalue weighted by Gasteiger charge is -2.09. The predicted molar refractivity (Wildman–Crippen MR) is 65.6 cm³/mol. The molecule has 0 aliphatic rings. The summed E-state index contributed by atoms with van der Waals surface area (Å²) in [6.45, 7) is 3.73. The van der Waals surface area contributed by atoms with Gasteiger partial charge in [-0.25, -0.2) is 13.6 Å². The molecule has 0 heterocycles. The summed E-state index contributed by atoms with van der Waals surface area (Å²) < 4.78 is 22.7. The van der Waals surface area contributed by atoms with Crippen LogP contribution in [-0.4, -0.2) is 20.9 Å². The molecular formula is C10H13ClN2O3S. The zero-order chi connectivity index (χ0) is 13.2. The minimum Gasteiger partial charge on any atom is -0.352 e. The molecule has 1 aromatic rings. The van der Waals surface area contributed by atoms with Gasteiger partial charge < -0.3 is 5.32 Å². The van der Waals surface area contributed by atoms with Gasteiger partial charge >= 0.3 is 0 Å². The molecule has 0 atom stereocenters. The molecule has 5 nitrogen and oxygen atoms in total. The molecule has 17 heavy (non-hydrogen) atoms. The third-order valence-electron chi connectivity index (χ3n) is 2.20. The first-order valence-corrected chi connectivity index (χ1v) is 6.81. The van der Waals surface area contributed by atoms with E-state index in [4.69, 9.17) is 16.7 Å². The number of hydrogen-bond donors (Lipinski definition) is 2. The molecule has 0 spiro atoms. The fourth-order valence-corrected chi connectivity index (χ4v) is 2.45. The molecule has 0 aliphatic carbocycles. The van der Waals surface area contributed by atoms with Crippen LogP contribution in [0.2, 0.25) is 5.02 Å². The highest BCUT2D eigenvalue weighted by Gasteiger charge is 2.17. The fourth-order valence-electron chi connectivity index (χ4n) is 1.34. The molecule has 0 saturated heterocycles. The summed E-state index contributed by atoms with van der Waals surface area (Å²) in [6.07, 6.45) is 0. The normalized spacial score (nSPS) is 11.3. The maximum Gasteiger partial charge on any atom is 0.251 e. The van der Waals surface area contributed by atoms with Crippen LogP contribution < -0.4 is 10.5 Å². The van der Waals surface area contributed by atoms with Crippen LogP contribution in [0.15, 0.2) is 17.0 Å². The van der Waals surface area contributed by atoms with Crippen molar-refractivity contribution in [3.8, 4) is 0 Å². The van der Waals surface area contributed by atoms with Gasteiger partial charge in [-0.2, -0.15) is 0 Å². The minimum atomic E-state index is -3.89. The van der Waals surface area contributed by atoms with Crippen LogP contribution in [0.25, 0.3) is 0 Å². The lowest BCUT2D eigenvalue weighted by Crippen LogP contribution is -2.23. The summed E-state index contributed by atoms with van der Waals surface area (Å²) in [6, 6.07) is 2.64. The molecule has 3 N–H and O–H groups in total. The Kier molecular flexibility index (Phi) is 4.13. The highest BCUT2D eigenvalue weighted by atomic mass is 35.5. The minimum absolute atomic E-state index is 0.133. The zero-order valence-corrected chi connectivity index (χ0v) is 11.0. The molecule has 1 aromatic carbocycles. The molecule has 1 amide bonds. The van der Waals surface area contributed by atoms with Crippen molar-refractivity contribution in [3.05, 3.63) is 28.3 Å². The van der Waals surface area contributed by atoms with Gasteiger partial charge in [0, 0.05) is 17.1 Å². The van der Waals surface area contributed by atoms with E-state index in [1.165, 1.54) is 19.1 Å². The smallest absolute Gasteiger partial charge is 0.251 e. The van der Waals surface area contributed by atoms with Crippen LogP contribution in [0.5, 0.6) is 0 Å². The highest BCUT2D eigenvalue weighted by molar-refractivity contribution is 7.89. The van der Waals surface area contributed by atoms with E-state index in [0.717, 1.165) is 0 Å². The largest absolute Gasteiger partial charge is 0.352 e. The number of carbonyl (C=O) groups is 1. The van der Waals surface area contributed by atoms with Gasteiger partial charge in [0.2, 0.25) is 10.0 Å². The van der Waals surface area contributed by atoms with Crippen molar-refractivity contribution < 1.29 is 13.2 Å². The second-order valence-electron chi connectivity index (χ2n) is 3.49. The van der Waals surface area contributed by atoms with Crippen LogP contribution in [0.1, 0.15) is 22.8 Å². The molecule has 0 bridgehead atoms. The third kappa shape index (κ3) is 3.18. The average molecular weight is 277 g/mol. The Labute approximate surface area is 105 Å². The Morgan fingerprint density at radius 2 is 2.06 bits per heavy atom. The Bertz CT molecular complexity index is 555. The average Bonchev–Trinajstić information content (AvgIpc) is 2.20. The van der Waals surface area contributed by atoms with E-state index in [0.29, 0.717) is 12.1 Å². The van der Waals surface area contributed by atoms with E-state index < -0.39 is 10.0 Å². The summed E-state index contributed by atoms with van der Waals surface area (Å²) >= 11 is 5.87. The SMILES string of the molecule is CCNC(=O)c1cc(Cl)c(C)c(S(N)(=O)=O)c1. The molecule has 94 valence electrons. The molecule has 7 heteroatoms. The van der Waals surface area contributed by atoms with Gasteiger partial charge in [0.15, 0.2) is 0 Å². The first-order chi connectivity index (χ1) is 7.77. The Morgan fingerprint density at radius 3 is 2.53 bits per heavy atom. The number of carbonyl (C=O) groups excluding carboxylic acids is 1. The fraction of sp³-hybridized carbons (Fsp3) is 0.300. The summed E-state index contributed by atoms with van der Waals surface area (Å²) in [5.74, 6) is -0.390. The number of nitrogens with two attached hydrogens (primary N) is 1. The van der Waals surface area contributed by atoms with Gasteiger partial charge in [0.1, 0.15) is 0 Å². The molecule has 0 unspecified atom stereocenters. The monoisotopic (exact) mass is 276 g/mol. The standard InChI is InChI=1S/C10H13ClN2O3S/c1-3-13-10(14)7-4-8(11)6(2)9(5-7)17(12,15)16/h4-5H,3H2,1-2H3,(H,13,14)(H2,12,15,16). The van der Waals surface area contributed by atoms with Gasteiger partial charge in [-0.3, -0.25) is 4.79 Å². The van der Waals surface area contributed by atoms with Crippen LogP contribution in [-0.2, 0) is 10.0 Å². The predicted octanol–water partition coefficient (Wildman–Crippen LogP) is 1.05. The maximum absolute atomic E-state index is 11.6. The van der Waals surface area contributed by atoms with Crippen LogP contribution in [0, 0.1) is 6.92 Å². The van der Waals surface area contributed by atoms with Crippen LogP contribution in [0.3, 0.4) is 0 Å². The van der Waals surface area contributed by atoms with E-state index >= 15 is 0 Å². The Balaban J connectivity index is 3.39. The lowest BCUT2D eigenvalue weighted by molar-refractivity contribution is 0.0955. The van der Waals surface area contributed by atoms with Crippen molar-refractivity contribution in [3.63, 3.8) is 0 Å². The number of halogens is 1. The molecule has 0 aliphatic heterocycles. The zero-order valence-electron chi connectivity index (χ0n) is 9.45. The number of sulfonamides is 1. The van der Waals surface area contributed by atoms with Crippen molar-refractivity contribution in [2.24, 2.45) is 5.14 Å². The van der Waals surface area contributed by atoms with Crippen molar-refractivity contribution in [1.82, 2.24) is 5.32 Å². The molecule has 0 saturated carbocycles. The summed E-state index contributed by atoms with van der Waals surface area (Å²) in [7, 11) is -3.89. The van der Waals surface area contributed by atoms with Crippen molar-refractivity contribution >= 4 is 27.5 Å². The highest BCUT2D eigenvalue weighted by Crippen LogP contribution is 2.24. The van der Waals surface area contributed by atoms with Gasteiger partial charge in [0.25, 0.3) is 5.91 Å². The molecule has 1 rings (SSSR count). The van der Waals surface area contributed by atoms with Gasteiger partial charge in [-0.15, -0.1) is 0 Å². The Hall–Kier alpha value is -1.11. The second-order valence-corrected chi connectivity index (χ2v) is 5.42. The van der Waals surface area contributed by atoms with E-state index in [1.54, 1.807) is 6.92 Å². The number of hydrogen-bond acceptors (Lipinski definition) is 3. The number of amides is 1. The molecule has 0 radical (unpaired) electrons. The van der Waals surface area contributed by atoms with Crippen molar-refractivity contribution in [1.29, 1.82) is 0 Å². The number of benzene rings is 1. The number of rotatable bonds is 3. The third-order valence-corrected chi connectivity index (χ3v) is 3.63. The van der Waals surface area contributed by atoms with Crippen LogP contribution in [0.4, 0.5) is 0 Å². The maximum atomic E-state index is 11.6. The summed E-state index contributed by atoms with van der Waals surface area (Å²) in [5.41, 5.74) is 0.508. The van der Waals surface area contributed by atoms with E-state index in [2.05, 4.69) is 5.32 Å². The van der Waals surface area contributed by atoms with Crippen LogP contribution >= 0.6 is 11.6 Å². The first-order valence-electron chi connectivity index (χ1n) is 4.88. The van der Waals surface area contributed by atoms with Crippen molar-refractivity contribution in [2.75, 3.05) is 6.54 Å². The summed E-state index contributed by atoms with van der Waals surface area (Å²) in [5, 5.41) is 7.80. The van der Waals surface area contributed by atoms with Gasteiger partial charge in [0.05, 0.1) is 4.90 Å². The number of nitrogens with one attached hydrogen (secondary N) is 1.